The Kier molecular flexibility index (Phi) is 7.19. The van der Waals surface area contributed by atoms with E-state index in [0.29, 0.717) is 0 Å². The number of fused-ring (bicyclic) bond motifs is 1. The second-order valence-electron chi connectivity index (χ2n) is 9.15. The Morgan fingerprint density at radius 2 is 1.45 bits per heavy atom. The van der Waals surface area contributed by atoms with Gasteiger partial charge in [-0.25, -0.2) is 0 Å². The van der Waals surface area contributed by atoms with Gasteiger partial charge in [-0.3, -0.25) is 4.90 Å². The van der Waals surface area contributed by atoms with E-state index in [2.05, 4.69) is 117 Å². The van der Waals surface area contributed by atoms with Crippen LogP contribution in [0.3, 0.4) is 0 Å². The first-order chi connectivity index (χ1) is 16.2. The van der Waals surface area contributed by atoms with Gasteiger partial charge in [0.1, 0.15) is 5.75 Å². The van der Waals surface area contributed by atoms with Gasteiger partial charge in [0.15, 0.2) is 6.23 Å². The van der Waals surface area contributed by atoms with Crippen LogP contribution in [0.25, 0.3) is 0 Å². The summed E-state index contributed by atoms with van der Waals surface area (Å²) in [5.74, 6) is 1.09. The largest absolute Gasteiger partial charge is 0.474 e. The van der Waals surface area contributed by atoms with Crippen LogP contribution in [0.4, 0.5) is 5.69 Å². The van der Waals surface area contributed by atoms with Crippen molar-refractivity contribution in [2.24, 2.45) is 0 Å². The number of ether oxygens (including phenoxy) is 1. The van der Waals surface area contributed by atoms with Crippen molar-refractivity contribution in [2.75, 3.05) is 38.1 Å². The van der Waals surface area contributed by atoms with Crippen LogP contribution in [0.5, 0.6) is 5.75 Å². The zero-order chi connectivity index (χ0) is 22.6. The molecule has 0 amide bonds. The molecule has 0 aliphatic carbocycles. The highest BCUT2D eigenvalue weighted by atomic mass is 127. The fourth-order valence-electron chi connectivity index (χ4n) is 4.92. The van der Waals surface area contributed by atoms with Gasteiger partial charge in [0.2, 0.25) is 0 Å². The predicted octanol–water partition coefficient (Wildman–Crippen LogP) is 5.40. The lowest BCUT2D eigenvalue weighted by molar-refractivity contribution is -0.00284. The lowest BCUT2D eigenvalue weighted by atomic mass is 10.0. The third-order valence-corrected chi connectivity index (χ3v) is 7.64. The van der Waals surface area contributed by atoms with E-state index in [1.54, 1.807) is 0 Å². The van der Waals surface area contributed by atoms with Gasteiger partial charge >= 0.3 is 0 Å². The fraction of sp³-hybridized carbons (Fsp3) is 0.357. The van der Waals surface area contributed by atoms with Gasteiger partial charge in [-0.15, -0.1) is 0 Å². The molecule has 1 unspecified atom stereocenters. The summed E-state index contributed by atoms with van der Waals surface area (Å²) in [5, 5.41) is 0. The molecule has 2 heterocycles. The first kappa shape index (κ1) is 22.7. The summed E-state index contributed by atoms with van der Waals surface area (Å²) in [4.78, 5) is 7.45. The third-order valence-electron chi connectivity index (χ3n) is 6.79. The SMILES string of the molecule is CN1CCN(c2ccc(I)c3c2CCC(N(Cc2ccccc2)Cc2ccccc2)O3)CC1. The van der Waals surface area contributed by atoms with E-state index in [1.165, 1.54) is 25.9 Å². The van der Waals surface area contributed by atoms with Crippen LogP contribution in [0.15, 0.2) is 72.8 Å². The molecule has 5 rings (SSSR count). The molecule has 1 atom stereocenters. The number of rotatable bonds is 6. The molecule has 0 N–H and O–H groups in total. The van der Waals surface area contributed by atoms with Crippen molar-refractivity contribution in [2.45, 2.75) is 32.2 Å². The highest BCUT2D eigenvalue weighted by Gasteiger charge is 2.30. The Bertz CT molecular complexity index is 1010. The molecule has 1 saturated heterocycles. The zero-order valence-corrected chi connectivity index (χ0v) is 21.4. The first-order valence-electron chi connectivity index (χ1n) is 11.9. The molecular formula is C28H32IN3O. The van der Waals surface area contributed by atoms with Gasteiger partial charge in [-0.2, -0.15) is 0 Å². The van der Waals surface area contributed by atoms with E-state index >= 15 is 0 Å². The number of nitrogens with zero attached hydrogens (tertiary/aromatic N) is 3. The quantitative estimate of drug-likeness (QED) is 0.381. The summed E-state index contributed by atoms with van der Waals surface area (Å²) in [7, 11) is 2.21. The minimum absolute atomic E-state index is 0.0640. The van der Waals surface area contributed by atoms with Crippen molar-refractivity contribution in [3.05, 3.63) is 93.1 Å². The maximum Gasteiger partial charge on any atom is 0.153 e. The lowest BCUT2D eigenvalue weighted by Gasteiger charge is -2.39. The molecular weight excluding hydrogens is 521 g/mol. The molecule has 0 aromatic heterocycles. The summed E-state index contributed by atoms with van der Waals surface area (Å²) in [6.45, 7) is 6.16. The number of anilines is 1. The van der Waals surface area contributed by atoms with Crippen molar-refractivity contribution in [3.8, 4) is 5.75 Å². The summed E-state index contributed by atoms with van der Waals surface area (Å²) in [6, 6.07) is 26.0. The highest BCUT2D eigenvalue weighted by Crippen LogP contribution is 2.40. The van der Waals surface area contributed by atoms with Gasteiger partial charge in [-0.1, -0.05) is 60.7 Å². The molecule has 0 bridgehead atoms. The van der Waals surface area contributed by atoms with Gasteiger partial charge in [0, 0.05) is 56.9 Å². The van der Waals surface area contributed by atoms with Crippen LogP contribution in [0.2, 0.25) is 0 Å². The van der Waals surface area contributed by atoms with Crippen molar-refractivity contribution in [1.29, 1.82) is 0 Å². The number of hydrogen-bond acceptors (Lipinski definition) is 4. The van der Waals surface area contributed by atoms with E-state index in [1.807, 2.05) is 0 Å². The van der Waals surface area contributed by atoms with E-state index in [9.17, 15) is 0 Å². The fourth-order valence-corrected chi connectivity index (χ4v) is 5.55. The van der Waals surface area contributed by atoms with Crippen LogP contribution >= 0.6 is 22.6 Å². The Labute approximate surface area is 211 Å². The number of halogens is 1. The average Bonchev–Trinajstić information content (AvgIpc) is 2.86. The summed E-state index contributed by atoms with van der Waals surface area (Å²) in [5.41, 5.74) is 5.41. The molecule has 33 heavy (non-hydrogen) atoms. The maximum absolute atomic E-state index is 6.80. The van der Waals surface area contributed by atoms with Crippen LogP contribution in [-0.4, -0.2) is 49.3 Å². The molecule has 2 aliphatic heterocycles. The molecule has 5 heteroatoms. The minimum atomic E-state index is 0.0640. The van der Waals surface area contributed by atoms with Crippen LogP contribution in [0, 0.1) is 3.57 Å². The Morgan fingerprint density at radius 3 is 2.06 bits per heavy atom. The smallest absolute Gasteiger partial charge is 0.153 e. The Hall–Kier alpha value is -2.09. The van der Waals surface area contributed by atoms with Gasteiger partial charge < -0.3 is 14.5 Å². The standard InChI is InChI=1S/C28H32IN3O/c1-30-16-18-31(19-17-30)26-14-13-25(29)28-24(26)12-15-27(33-28)32(20-22-8-4-2-5-9-22)21-23-10-6-3-7-11-23/h2-11,13-14,27H,12,15-21H2,1H3. The lowest BCUT2D eigenvalue weighted by Crippen LogP contribution is -2.45. The van der Waals surface area contributed by atoms with Gasteiger partial charge in [-0.05, 0) is 59.3 Å². The van der Waals surface area contributed by atoms with Crippen molar-refractivity contribution >= 4 is 28.3 Å². The molecule has 0 spiro atoms. The number of piperazine rings is 1. The minimum Gasteiger partial charge on any atom is -0.474 e. The molecule has 3 aromatic rings. The van der Waals surface area contributed by atoms with E-state index < -0.39 is 0 Å². The normalized spacial score (nSPS) is 18.8. The zero-order valence-electron chi connectivity index (χ0n) is 19.3. The van der Waals surface area contributed by atoms with Crippen LogP contribution in [-0.2, 0) is 19.5 Å². The van der Waals surface area contributed by atoms with Crippen molar-refractivity contribution in [1.82, 2.24) is 9.80 Å². The first-order valence-corrected chi connectivity index (χ1v) is 13.0. The van der Waals surface area contributed by atoms with Crippen molar-refractivity contribution in [3.63, 3.8) is 0 Å². The van der Waals surface area contributed by atoms with Crippen LogP contribution in [0.1, 0.15) is 23.1 Å². The second kappa shape index (κ2) is 10.5. The van der Waals surface area contributed by atoms with E-state index in [0.717, 1.165) is 57.9 Å². The molecule has 3 aromatic carbocycles. The number of hydrogen-bond donors (Lipinski definition) is 0. The third kappa shape index (κ3) is 5.36. The summed E-state index contributed by atoms with van der Waals surface area (Å²) < 4.78 is 8.02. The highest BCUT2D eigenvalue weighted by molar-refractivity contribution is 14.1. The second-order valence-corrected chi connectivity index (χ2v) is 10.3. The van der Waals surface area contributed by atoms with Crippen molar-refractivity contribution < 1.29 is 4.74 Å². The monoisotopic (exact) mass is 553 g/mol. The molecule has 1 fully saturated rings. The van der Waals surface area contributed by atoms with Crippen LogP contribution < -0.4 is 9.64 Å². The number of likely N-dealkylation sites (N-methyl/N-ethyl adjacent to an activating group) is 1. The van der Waals surface area contributed by atoms with Gasteiger partial charge in [0.05, 0.1) is 3.57 Å². The summed E-state index contributed by atoms with van der Waals surface area (Å²) in [6.07, 6.45) is 2.13. The molecule has 2 aliphatic rings. The predicted molar refractivity (Wildman–Crippen MR) is 144 cm³/mol. The molecule has 4 nitrogen and oxygen atoms in total. The average molecular weight is 553 g/mol. The topological polar surface area (TPSA) is 19.0 Å². The molecule has 172 valence electrons. The van der Waals surface area contributed by atoms with E-state index in [-0.39, 0.29) is 6.23 Å². The molecule has 0 radical (unpaired) electrons. The van der Waals surface area contributed by atoms with Gasteiger partial charge in [0.25, 0.3) is 0 Å². The van der Waals surface area contributed by atoms with E-state index in [4.69, 9.17) is 4.74 Å². The summed E-state index contributed by atoms with van der Waals surface area (Å²) >= 11 is 2.44. The molecule has 0 saturated carbocycles. The Morgan fingerprint density at radius 1 is 0.848 bits per heavy atom. The Balaban J connectivity index is 1.40. The number of benzene rings is 3. The maximum atomic E-state index is 6.80.